The number of aryl methyl sites for hydroxylation is 1. The molecule has 2 rings (SSSR count). The van der Waals surface area contributed by atoms with Crippen LogP contribution in [0.1, 0.15) is 24.5 Å². The van der Waals surface area contributed by atoms with Crippen molar-refractivity contribution in [3.63, 3.8) is 0 Å². The molecule has 0 aliphatic rings. The number of nitrogens with one attached hydrogen (secondary N) is 1. The number of benzene rings is 2. The molecule has 0 atom stereocenters. The fourth-order valence-corrected chi connectivity index (χ4v) is 2.45. The van der Waals surface area contributed by atoms with E-state index >= 15 is 0 Å². The van der Waals surface area contributed by atoms with Crippen LogP contribution in [0.4, 0.5) is 10.1 Å². The molecule has 0 amide bonds. The van der Waals surface area contributed by atoms with E-state index in [0.717, 1.165) is 24.1 Å². The SMILES string of the molecule is CCCc1ccccc1NCc1ccc(F)c(Br)c1. The van der Waals surface area contributed by atoms with Crippen molar-refractivity contribution in [2.75, 3.05) is 5.32 Å². The highest BCUT2D eigenvalue weighted by Gasteiger charge is 2.03. The first-order valence-electron chi connectivity index (χ1n) is 6.46. The van der Waals surface area contributed by atoms with E-state index in [0.29, 0.717) is 11.0 Å². The van der Waals surface area contributed by atoms with Crippen molar-refractivity contribution < 1.29 is 4.39 Å². The van der Waals surface area contributed by atoms with E-state index in [1.807, 2.05) is 12.1 Å². The van der Waals surface area contributed by atoms with E-state index < -0.39 is 0 Å². The molecule has 19 heavy (non-hydrogen) atoms. The van der Waals surface area contributed by atoms with Crippen LogP contribution in [0, 0.1) is 5.82 Å². The van der Waals surface area contributed by atoms with Gasteiger partial charge in [0.25, 0.3) is 0 Å². The Hall–Kier alpha value is -1.35. The van der Waals surface area contributed by atoms with E-state index in [9.17, 15) is 4.39 Å². The van der Waals surface area contributed by atoms with Gasteiger partial charge in [0.1, 0.15) is 5.82 Å². The zero-order valence-electron chi connectivity index (χ0n) is 10.9. The van der Waals surface area contributed by atoms with Crippen molar-refractivity contribution in [3.05, 3.63) is 63.9 Å². The van der Waals surface area contributed by atoms with E-state index in [-0.39, 0.29) is 5.82 Å². The monoisotopic (exact) mass is 321 g/mol. The second-order valence-corrected chi connectivity index (χ2v) is 5.36. The van der Waals surface area contributed by atoms with Gasteiger partial charge >= 0.3 is 0 Å². The van der Waals surface area contributed by atoms with Gasteiger partial charge in [-0.25, -0.2) is 4.39 Å². The highest BCUT2D eigenvalue weighted by atomic mass is 79.9. The quantitative estimate of drug-likeness (QED) is 0.802. The van der Waals surface area contributed by atoms with Crippen molar-refractivity contribution in [1.29, 1.82) is 0 Å². The highest BCUT2D eigenvalue weighted by Crippen LogP contribution is 2.20. The minimum Gasteiger partial charge on any atom is -0.381 e. The second kappa shape index (κ2) is 6.71. The van der Waals surface area contributed by atoms with Gasteiger partial charge in [0.05, 0.1) is 4.47 Å². The maximum Gasteiger partial charge on any atom is 0.137 e. The lowest BCUT2D eigenvalue weighted by molar-refractivity contribution is 0.620. The molecule has 0 fully saturated rings. The predicted octanol–water partition coefficient (Wildman–Crippen LogP) is 5.15. The Labute approximate surface area is 122 Å². The molecule has 0 aromatic heterocycles. The molecule has 0 heterocycles. The van der Waals surface area contributed by atoms with E-state index in [1.165, 1.54) is 11.6 Å². The van der Waals surface area contributed by atoms with Crippen molar-refractivity contribution in [2.45, 2.75) is 26.3 Å². The van der Waals surface area contributed by atoms with Gasteiger partial charge in [-0.1, -0.05) is 37.6 Å². The Morgan fingerprint density at radius 1 is 1.16 bits per heavy atom. The number of hydrogen-bond acceptors (Lipinski definition) is 1. The molecular weight excluding hydrogens is 305 g/mol. The molecule has 2 aromatic rings. The maximum absolute atomic E-state index is 13.2. The van der Waals surface area contributed by atoms with Gasteiger partial charge in [-0.05, 0) is 51.7 Å². The molecule has 0 spiro atoms. The maximum atomic E-state index is 13.2. The van der Waals surface area contributed by atoms with Crippen LogP contribution in [0.5, 0.6) is 0 Å². The summed E-state index contributed by atoms with van der Waals surface area (Å²) in [5.41, 5.74) is 3.54. The lowest BCUT2D eigenvalue weighted by Crippen LogP contribution is -2.02. The summed E-state index contributed by atoms with van der Waals surface area (Å²) >= 11 is 3.21. The molecular formula is C16H17BrFN. The highest BCUT2D eigenvalue weighted by molar-refractivity contribution is 9.10. The summed E-state index contributed by atoms with van der Waals surface area (Å²) in [7, 11) is 0. The Morgan fingerprint density at radius 2 is 1.95 bits per heavy atom. The smallest absolute Gasteiger partial charge is 0.137 e. The Balaban J connectivity index is 2.07. The number of para-hydroxylation sites is 1. The molecule has 0 saturated carbocycles. The van der Waals surface area contributed by atoms with Crippen LogP contribution in [0.2, 0.25) is 0 Å². The minimum absolute atomic E-state index is 0.227. The van der Waals surface area contributed by atoms with Crippen LogP contribution < -0.4 is 5.32 Å². The third-order valence-corrected chi connectivity index (χ3v) is 3.61. The van der Waals surface area contributed by atoms with Gasteiger partial charge < -0.3 is 5.32 Å². The molecule has 0 aliphatic carbocycles. The summed E-state index contributed by atoms with van der Waals surface area (Å²) in [6.07, 6.45) is 2.19. The van der Waals surface area contributed by atoms with Gasteiger partial charge in [-0.15, -0.1) is 0 Å². The van der Waals surface area contributed by atoms with Crippen LogP contribution in [0.15, 0.2) is 46.9 Å². The molecule has 0 radical (unpaired) electrons. The second-order valence-electron chi connectivity index (χ2n) is 4.51. The van der Waals surface area contributed by atoms with Crippen LogP contribution in [-0.4, -0.2) is 0 Å². The molecule has 3 heteroatoms. The first-order chi connectivity index (χ1) is 9.20. The zero-order valence-corrected chi connectivity index (χ0v) is 12.5. The predicted molar refractivity (Wildman–Crippen MR) is 81.9 cm³/mol. The largest absolute Gasteiger partial charge is 0.381 e. The normalized spacial score (nSPS) is 10.5. The number of hydrogen-bond donors (Lipinski definition) is 1. The molecule has 0 bridgehead atoms. The van der Waals surface area contributed by atoms with Gasteiger partial charge in [0.2, 0.25) is 0 Å². The van der Waals surface area contributed by atoms with Crippen LogP contribution in [0.3, 0.4) is 0 Å². The molecule has 1 N–H and O–H groups in total. The Kier molecular flexibility index (Phi) is 4.97. The van der Waals surface area contributed by atoms with Crippen molar-refractivity contribution in [2.24, 2.45) is 0 Å². The average molecular weight is 322 g/mol. The number of halogens is 2. The topological polar surface area (TPSA) is 12.0 Å². The fraction of sp³-hybridized carbons (Fsp3) is 0.250. The summed E-state index contributed by atoms with van der Waals surface area (Å²) in [4.78, 5) is 0. The first kappa shape index (κ1) is 14.1. The third kappa shape index (κ3) is 3.80. The minimum atomic E-state index is -0.227. The Morgan fingerprint density at radius 3 is 2.68 bits per heavy atom. The van der Waals surface area contributed by atoms with Crippen molar-refractivity contribution in [1.82, 2.24) is 0 Å². The van der Waals surface area contributed by atoms with E-state index in [4.69, 9.17) is 0 Å². The summed E-state index contributed by atoms with van der Waals surface area (Å²) < 4.78 is 13.7. The van der Waals surface area contributed by atoms with Crippen molar-refractivity contribution >= 4 is 21.6 Å². The summed E-state index contributed by atoms with van der Waals surface area (Å²) in [6.45, 7) is 2.87. The Bertz CT molecular complexity index is 554. The van der Waals surface area contributed by atoms with Crippen LogP contribution >= 0.6 is 15.9 Å². The molecule has 2 aromatic carbocycles. The lowest BCUT2D eigenvalue weighted by Gasteiger charge is -2.12. The summed E-state index contributed by atoms with van der Waals surface area (Å²) in [5.74, 6) is -0.227. The molecule has 0 saturated heterocycles. The standard InChI is InChI=1S/C16H17BrFN/c1-2-5-13-6-3-4-7-16(13)19-11-12-8-9-15(18)14(17)10-12/h3-4,6-10,19H,2,5,11H2,1H3. The average Bonchev–Trinajstić information content (AvgIpc) is 2.42. The lowest BCUT2D eigenvalue weighted by atomic mass is 10.1. The van der Waals surface area contributed by atoms with E-state index in [2.05, 4.69) is 46.4 Å². The number of anilines is 1. The molecule has 0 unspecified atom stereocenters. The van der Waals surface area contributed by atoms with Gasteiger partial charge in [0.15, 0.2) is 0 Å². The number of rotatable bonds is 5. The van der Waals surface area contributed by atoms with Gasteiger partial charge in [-0.2, -0.15) is 0 Å². The zero-order chi connectivity index (χ0) is 13.7. The molecule has 1 nitrogen and oxygen atoms in total. The molecule has 0 aliphatic heterocycles. The molecule has 100 valence electrons. The van der Waals surface area contributed by atoms with Crippen molar-refractivity contribution in [3.8, 4) is 0 Å². The fourth-order valence-electron chi connectivity index (χ4n) is 2.03. The van der Waals surface area contributed by atoms with Crippen LogP contribution in [0.25, 0.3) is 0 Å². The van der Waals surface area contributed by atoms with Gasteiger partial charge in [0, 0.05) is 12.2 Å². The third-order valence-electron chi connectivity index (χ3n) is 3.00. The summed E-state index contributed by atoms with van der Waals surface area (Å²) in [6, 6.07) is 13.4. The first-order valence-corrected chi connectivity index (χ1v) is 7.25. The summed E-state index contributed by atoms with van der Waals surface area (Å²) in [5, 5.41) is 3.42. The van der Waals surface area contributed by atoms with Gasteiger partial charge in [-0.3, -0.25) is 0 Å². The van der Waals surface area contributed by atoms with E-state index in [1.54, 1.807) is 6.07 Å². The van der Waals surface area contributed by atoms with Crippen LogP contribution in [-0.2, 0) is 13.0 Å².